The number of aromatic amines is 1. The summed E-state index contributed by atoms with van der Waals surface area (Å²) in [5.74, 6) is 0.199. The molecule has 0 aliphatic carbocycles. The van der Waals surface area contributed by atoms with Crippen molar-refractivity contribution in [2.45, 2.75) is 44.4 Å². The number of aromatic nitrogens is 3. The number of rotatable bonds is 7. The summed E-state index contributed by atoms with van der Waals surface area (Å²) in [5, 5.41) is 7.70. The van der Waals surface area contributed by atoms with E-state index in [9.17, 15) is 35.9 Å². The summed E-state index contributed by atoms with van der Waals surface area (Å²) in [7, 11) is 0. The van der Waals surface area contributed by atoms with E-state index in [1.165, 1.54) is 0 Å². The molecule has 4 rings (SSSR count). The van der Waals surface area contributed by atoms with Crippen molar-refractivity contribution >= 4 is 17.4 Å². The molecule has 1 fully saturated rings. The molecular weight excluding hydrogens is 538 g/mol. The number of anilines is 2. The lowest BCUT2D eigenvalue weighted by Crippen LogP contribution is -2.56. The molecule has 0 unspecified atom stereocenters. The first-order chi connectivity index (χ1) is 18.3. The zero-order valence-electron chi connectivity index (χ0n) is 20.7. The standard InChI is InChI=1S/C23H26F6N6O4/c1-13(32-17-8-31-33-21(37)19(17)23(27,28)29)10-38-5-2-18(36)34-3-4-35-16(9-34)12-39-11-14-6-15(22(24,25)26)7-30-20(14)35/h6-8,13,16H,2-5,9-12H2,1H3,(H2,32,33,37)/t13-,16+/m0/s1. The number of fused-ring (bicyclic) bond motifs is 3. The number of halogens is 6. The van der Waals surface area contributed by atoms with Crippen LogP contribution in [0.2, 0.25) is 0 Å². The normalized spacial score (nSPS) is 18.7. The Bertz CT molecular complexity index is 1240. The second-order valence-corrected chi connectivity index (χ2v) is 9.26. The number of ether oxygens (including phenoxy) is 2. The van der Waals surface area contributed by atoms with E-state index in [1.807, 2.05) is 4.90 Å². The average molecular weight is 564 g/mol. The van der Waals surface area contributed by atoms with Crippen LogP contribution < -0.4 is 15.8 Å². The molecule has 10 nitrogen and oxygen atoms in total. The van der Waals surface area contributed by atoms with Gasteiger partial charge in [0.15, 0.2) is 0 Å². The Hall–Kier alpha value is -3.40. The van der Waals surface area contributed by atoms with Crippen LogP contribution in [0.3, 0.4) is 0 Å². The van der Waals surface area contributed by atoms with E-state index in [0.717, 1.165) is 18.5 Å². The maximum absolute atomic E-state index is 13.2. The van der Waals surface area contributed by atoms with Crippen LogP contribution in [0.15, 0.2) is 23.3 Å². The minimum atomic E-state index is -4.87. The largest absolute Gasteiger partial charge is 0.423 e. The van der Waals surface area contributed by atoms with Crippen LogP contribution in [0.4, 0.5) is 37.8 Å². The van der Waals surface area contributed by atoms with Crippen molar-refractivity contribution in [1.29, 1.82) is 0 Å². The molecule has 1 saturated heterocycles. The number of nitrogens with zero attached hydrogens (tertiary/aromatic N) is 4. The highest BCUT2D eigenvalue weighted by Gasteiger charge is 2.38. The van der Waals surface area contributed by atoms with Crippen molar-refractivity contribution in [2.75, 3.05) is 49.7 Å². The number of alkyl halides is 6. The van der Waals surface area contributed by atoms with Gasteiger partial charge in [-0.3, -0.25) is 9.59 Å². The summed E-state index contributed by atoms with van der Waals surface area (Å²) in [6.45, 7) is 2.68. The number of hydrogen-bond donors (Lipinski definition) is 2. The minimum Gasteiger partial charge on any atom is -0.379 e. The molecule has 2 aliphatic rings. The van der Waals surface area contributed by atoms with Crippen molar-refractivity contribution in [2.24, 2.45) is 0 Å². The molecule has 214 valence electrons. The lowest BCUT2D eigenvalue weighted by Gasteiger charge is -2.41. The molecule has 4 heterocycles. The Morgan fingerprint density at radius 3 is 2.72 bits per heavy atom. The van der Waals surface area contributed by atoms with E-state index in [-0.39, 0.29) is 51.3 Å². The SMILES string of the molecule is C[C@@H](COCCC(=O)N1CCN2c3ncc(C(F)(F)F)cc3COC[C@H]2C1)Nc1cn[nH]c(=O)c1C(F)(F)F. The number of H-pyrrole nitrogens is 1. The molecular formula is C23H26F6N6O4. The van der Waals surface area contributed by atoms with Crippen molar-refractivity contribution in [3.8, 4) is 0 Å². The fraction of sp³-hybridized carbons (Fsp3) is 0.565. The molecule has 0 radical (unpaired) electrons. The van der Waals surface area contributed by atoms with Crippen molar-refractivity contribution in [3.63, 3.8) is 0 Å². The third-order valence-electron chi connectivity index (χ3n) is 6.32. The van der Waals surface area contributed by atoms with Gasteiger partial charge in [0.05, 0.1) is 56.3 Å². The zero-order chi connectivity index (χ0) is 28.4. The molecule has 0 spiro atoms. The number of hydrogen-bond acceptors (Lipinski definition) is 8. The van der Waals surface area contributed by atoms with E-state index in [2.05, 4.69) is 15.4 Å². The van der Waals surface area contributed by atoms with Gasteiger partial charge in [-0.05, 0) is 13.0 Å². The predicted octanol–water partition coefficient (Wildman–Crippen LogP) is 2.66. The van der Waals surface area contributed by atoms with Gasteiger partial charge in [0.2, 0.25) is 5.91 Å². The van der Waals surface area contributed by atoms with Gasteiger partial charge in [0.25, 0.3) is 5.56 Å². The van der Waals surface area contributed by atoms with Gasteiger partial charge >= 0.3 is 12.4 Å². The summed E-state index contributed by atoms with van der Waals surface area (Å²) >= 11 is 0. The van der Waals surface area contributed by atoms with Gasteiger partial charge < -0.3 is 24.6 Å². The lowest BCUT2D eigenvalue weighted by atomic mass is 10.1. The zero-order valence-corrected chi connectivity index (χ0v) is 20.7. The number of piperazine rings is 1. The Labute approximate surface area is 218 Å². The van der Waals surface area contributed by atoms with Crippen LogP contribution in [-0.4, -0.2) is 77.5 Å². The highest BCUT2D eigenvalue weighted by molar-refractivity contribution is 5.76. The highest BCUT2D eigenvalue weighted by Crippen LogP contribution is 2.34. The molecule has 2 atom stereocenters. The molecule has 2 aromatic heterocycles. The maximum Gasteiger partial charge on any atom is 0.423 e. The van der Waals surface area contributed by atoms with Crippen LogP contribution in [0.5, 0.6) is 0 Å². The van der Waals surface area contributed by atoms with Crippen molar-refractivity contribution < 1.29 is 40.6 Å². The second-order valence-electron chi connectivity index (χ2n) is 9.26. The molecule has 16 heteroatoms. The monoisotopic (exact) mass is 564 g/mol. The van der Waals surface area contributed by atoms with Gasteiger partial charge in [-0.1, -0.05) is 0 Å². The van der Waals surface area contributed by atoms with Crippen molar-refractivity contribution in [3.05, 3.63) is 45.5 Å². The molecule has 0 aromatic carbocycles. The Morgan fingerprint density at radius 2 is 2.00 bits per heavy atom. The van der Waals surface area contributed by atoms with Gasteiger partial charge in [0, 0.05) is 37.4 Å². The Kier molecular flexibility index (Phi) is 8.34. The first-order valence-corrected chi connectivity index (χ1v) is 12.0. The number of pyridine rings is 1. The molecule has 1 amide bonds. The van der Waals surface area contributed by atoms with Crippen molar-refractivity contribution in [1.82, 2.24) is 20.1 Å². The van der Waals surface area contributed by atoms with Crippen LogP contribution in [0.25, 0.3) is 0 Å². The first-order valence-electron chi connectivity index (χ1n) is 12.0. The highest BCUT2D eigenvalue weighted by atomic mass is 19.4. The first kappa shape index (κ1) is 28.6. The summed E-state index contributed by atoms with van der Waals surface area (Å²) in [6, 6.07) is 0.122. The third kappa shape index (κ3) is 6.79. The lowest BCUT2D eigenvalue weighted by molar-refractivity contribution is -0.138. The number of amides is 1. The number of carbonyl (C=O) groups is 1. The number of nitrogens with one attached hydrogen (secondary N) is 2. The summed E-state index contributed by atoms with van der Waals surface area (Å²) in [4.78, 5) is 31.8. The molecule has 2 aromatic rings. The molecule has 0 saturated carbocycles. The van der Waals surface area contributed by atoms with Crippen LogP contribution >= 0.6 is 0 Å². The minimum absolute atomic E-state index is 0.0105. The van der Waals surface area contributed by atoms with E-state index in [1.54, 1.807) is 16.9 Å². The van der Waals surface area contributed by atoms with E-state index in [0.29, 0.717) is 24.5 Å². The van der Waals surface area contributed by atoms with E-state index in [4.69, 9.17) is 9.47 Å². The number of carbonyl (C=O) groups excluding carboxylic acids is 1. The fourth-order valence-electron chi connectivity index (χ4n) is 4.51. The second kappa shape index (κ2) is 11.4. The van der Waals surface area contributed by atoms with Gasteiger partial charge in [-0.25, -0.2) is 10.1 Å². The van der Waals surface area contributed by atoms with Crippen LogP contribution in [-0.2, 0) is 33.2 Å². The predicted molar refractivity (Wildman–Crippen MR) is 125 cm³/mol. The summed E-state index contributed by atoms with van der Waals surface area (Å²) in [5.41, 5.74) is -3.75. The molecule has 2 aliphatic heterocycles. The summed E-state index contributed by atoms with van der Waals surface area (Å²) < 4.78 is 89.8. The van der Waals surface area contributed by atoms with Gasteiger partial charge in [-0.2, -0.15) is 31.4 Å². The van der Waals surface area contributed by atoms with Crippen LogP contribution in [0, 0.1) is 0 Å². The topological polar surface area (TPSA) is 113 Å². The molecule has 39 heavy (non-hydrogen) atoms. The molecule has 2 N–H and O–H groups in total. The van der Waals surface area contributed by atoms with Gasteiger partial charge in [0.1, 0.15) is 11.4 Å². The Morgan fingerprint density at radius 1 is 1.23 bits per heavy atom. The van der Waals surface area contributed by atoms with E-state index >= 15 is 0 Å². The third-order valence-corrected chi connectivity index (χ3v) is 6.32. The average Bonchev–Trinajstić information content (AvgIpc) is 3.03. The van der Waals surface area contributed by atoms with E-state index < -0.39 is 40.8 Å². The maximum atomic E-state index is 13.2. The summed E-state index contributed by atoms with van der Waals surface area (Å²) in [6.07, 6.45) is -7.71. The molecule has 0 bridgehead atoms. The smallest absolute Gasteiger partial charge is 0.379 e. The van der Waals surface area contributed by atoms with Crippen LogP contribution in [0.1, 0.15) is 30.0 Å². The Balaban J connectivity index is 1.26. The quantitative estimate of drug-likeness (QED) is 0.390. The fourth-order valence-corrected chi connectivity index (χ4v) is 4.51. The van der Waals surface area contributed by atoms with Gasteiger partial charge in [-0.15, -0.1) is 0 Å².